The average Bonchev–Trinajstić information content (AvgIpc) is 3.23. The number of nitro groups is 1. The first-order valence-electron chi connectivity index (χ1n) is 7.14. The van der Waals surface area contributed by atoms with Crippen LogP contribution in [-0.4, -0.2) is 22.1 Å². The summed E-state index contributed by atoms with van der Waals surface area (Å²) in [4.78, 5) is 30.2. The number of carbonyl (C=O) groups excluding carboxylic acids is 1. The molecule has 0 atom stereocenters. The molecule has 0 aliphatic carbocycles. The molecule has 2 heterocycles. The SMILES string of the molecule is CSc1ccc(C(=O)Nc2nc(-c3ccc(C)s3)cs2)cc1[N+](=O)[O-]. The molecule has 6 nitrogen and oxygen atoms in total. The van der Waals surface area contributed by atoms with Gasteiger partial charge in [0.1, 0.15) is 0 Å². The zero-order chi connectivity index (χ0) is 18.0. The highest BCUT2D eigenvalue weighted by molar-refractivity contribution is 7.98. The number of rotatable bonds is 5. The summed E-state index contributed by atoms with van der Waals surface area (Å²) in [5, 5.41) is 16.2. The van der Waals surface area contributed by atoms with E-state index in [-0.39, 0.29) is 11.3 Å². The number of carbonyl (C=O) groups is 1. The molecule has 1 aromatic carbocycles. The van der Waals surface area contributed by atoms with Gasteiger partial charge in [0, 0.05) is 21.9 Å². The van der Waals surface area contributed by atoms with Gasteiger partial charge in [-0.2, -0.15) is 0 Å². The standard InChI is InChI=1S/C16H13N3O3S3/c1-9-3-5-13(25-9)11-8-24-16(17-11)18-15(20)10-4-6-14(23-2)12(7-10)19(21)22/h3-8H,1-2H3,(H,17,18,20). The average molecular weight is 391 g/mol. The van der Waals surface area contributed by atoms with Crippen LogP contribution in [0.2, 0.25) is 0 Å². The molecule has 0 aliphatic heterocycles. The first kappa shape index (κ1) is 17.6. The molecule has 1 amide bonds. The Labute approximate surface area is 156 Å². The molecule has 0 spiro atoms. The molecule has 9 heteroatoms. The van der Waals surface area contributed by atoms with E-state index in [1.54, 1.807) is 29.7 Å². The maximum Gasteiger partial charge on any atom is 0.283 e. The first-order chi connectivity index (χ1) is 12.0. The van der Waals surface area contributed by atoms with E-state index in [0.717, 1.165) is 10.6 Å². The summed E-state index contributed by atoms with van der Waals surface area (Å²) in [6.45, 7) is 2.02. The molecule has 0 fully saturated rings. The number of nitrogens with one attached hydrogen (secondary N) is 1. The van der Waals surface area contributed by atoms with Gasteiger partial charge in [-0.1, -0.05) is 0 Å². The number of thioether (sulfide) groups is 1. The summed E-state index contributed by atoms with van der Waals surface area (Å²) in [5.74, 6) is -0.418. The second-order valence-electron chi connectivity index (χ2n) is 5.05. The lowest BCUT2D eigenvalue weighted by Gasteiger charge is -2.04. The molecule has 25 heavy (non-hydrogen) atoms. The zero-order valence-corrected chi connectivity index (χ0v) is 15.8. The third-order valence-corrected chi connectivity index (χ3v) is 5.92. The number of amides is 1. The Morgan fingerprint density at radius 2 is 2.12 bits per heavy atom. The van der Waals surface area contributed by atoms with Crippen molar-refractivity contribution in [1.29, 1.82) is 0 Å². The lowest BCUT2D eigenvalue weighted by molar-refractivity contribution is -0.387. The molecule has 3 rings (SSSR count). The van der Waals surface area contributed by atoms with Crippen LogP contribution in [0.4, 0.5) is 10.8 Å². The van der Waals surface area contributed by atoms with Gasteiger partial charge in [0.15, 0.2) is 5.13 Å². The fourth-order valence-corrected chi connectivity index (χ4v) is 4.31. The predicted molar refractivity (Wildman–Crippen MR) is 103 cm³/mol. The van der Waals surface area contributed by atoms with Gasteiger partial charge in [-0.25, -0.2) is 4.98 Å². The Balaban J connectivity index is 1.80. The van der Waals surface area contributed by atoms with Gasteiger partial charge in [0.05, 0.1) is 20.4 Å². The van der Waals surface area contributed by atoms with Crippen molar-refractivity contribution >= 4 is 51.2 Å². The highest BCUT2D eigenvalue weighted by atomic mass is 32.2. The Morgan fingerprint density at radius 1 is 1.32 bits per heavy atom. The van der Waals surface area contributed by atoms with E-state index in [2.05, 4.69) is 10.3 Å². The van der Waals surface area contributed by atoms with E-state index in [4.69, 9.17) is 0 Å². The largest absolute Gasteiger partial charge is 0.298 e. The second kappa shape index (κ2) is 7.34. The van der Waals surface area contributed by atoms with Crippen molar-refractivity contribution in [2.75, 3.05) is 11.6 Å². The lowest BCUT2D eigenvalue weighted by Crippen LogP contribution is -2.12. The molecule has 0 unspecified atom stereocenters. The minimum absolute atomic E-state index is 0.0750. The molecule has 0 saturated carbocycles. The van der Waals surface area contributed by atoms with Crippen LogP contribution >= 0.6 is 34.4 Å². The van der Waals surface area contributed by atoms with Crippen molar-refractivity contribution in [3.8, 4) is 10.6 Å². The number of aryl methyl sites for hydroxylation is 1. The van der Waals surface area contributed by atoms with Gasteiger partial charge >= 0.3 is 0 Å². The number of benzene rings is 1. The first-order valence-corrected chi connectivity index (χ1v) is 10.1. The van der Waals surface area contributed by atoms with Crippen molar-refractivity contribution in [2.24, 2.45) is 0 Å². The maximum absolute atomic E-state index is 12.4. The number of nitrogens with zero attached hydrogens (tertiary/aromatic N) is 2. The number of anilines is 1. The van der Waals surface area contributed by atoms with Gasteiger partial charge in [-0.15, -0.1) is 34.4 Å². The van der Waals surface area contributed by atoms with Gasteiger partial charge < -0.3 is 0 Å². The highest BCUT2D eigenvalue weighted by Gasteiger charge is 2.18. The van der Waals surface area contributed by atoms with Crippen LogP contribution < -0.4 is 5.32 Å². The quantitative estimate of drug-likeness (QED) is 0.373. The van der Waals surface area contributed by atoms with Crippen molar-refractivity contribution in [3.05, 3.63) is 56.3 Å². The van der Waals surface area contributed by atoms with Gasteiger partial charge in [0.2, 0.25) is 0 Å². The smallest absolute Gasteiger partial charge is 0.283 e. The monoisotopic (exact) mass is 391 g/mol. The number of thiazole rings is 1. The summed E-state index contributed by atoms with van der Waals surface area (Å²) in [6, 6.07) is 8.46. The van der Waals surface area contributed by atoms with Crippen LogP contribution in [0.25, 0.3) is 10.6 Å². The van der Waals surface area contributed by atoms with Crippen LogP contribution in [0, 0.1) is 17.0 Å². The maximum atomic E-state index is 12.4. The van der Waals surface area contributed by atoms with Crippen molar-refractivity contribution < 1.29 is 9.72 Å². The van der Waals surface area contributed by atoms with Crippen molar-refractivity contribution in [1.82, 2.24) is 4.98 Å². The van der Waals surface area contributed by atoms with Crippen LogP contribution in [0.5, 0.6) is 0 Å². The van der Waals surface area contributed by atoms with Crippen LogP contribution in [0.3, 0.4) is 0 Å². The van der Waals surface area contributed by atoms with E-state index >= 15 is 0 Å². The molecule has 3 aromatic rings. The molecule has 128 valence electrons. The zero-order valence-electron chi connectivity index (χ0n) is 13.3. The second-order valence-corrected chi connectivity index (χ2v) is 8.04. The molecule has 0 radical (unpaired) electrons. The predicted octanol–water partition coefficient (Wildman–Crippen LogP) is 5.06. The third-order valence-electron chi connectivity index (χ3n) is 3.36. The number of thiophene rings is 1. The van der Waals surface area contributed by atoms with Crippen LogP contribution in [0.1, 0.15) is 15.2 Å². The molecule has 0 bridgehead atoms. The molecular formula is C16H13N3O3S3. The van der Waals surface area contributed by atoms with E-state index in [9.17, 15) is 14.9 Å². The number of hydrogen-bond acceptors (Lipinski definition) is 7. The summed E-state index contributed by atoms with van der Waals surface area (Å²) >= 11 is 4.22. The van der Waals surface area contributed by atoms with Gasteiger partial charge in [0.25, 0.3) is 11.6 Å². The minimum atomic E-state index is -0.483. The van der Waals surface area contributed by atoms with Crippen molar-refractivity contribution in [2.45, 2.75) is 11.8 Å². The molecule has 0 aliphatic rings. The van der Waals surface area contributed by atoms with E-state index in [1.165, 1.54) is 34.0 Å². The molecule has 0 saturated heterocycles. The van der Waals surface area contributed by atoms with Gasteiger partial charge in [-0.05, 0) is 37.4 Å². The highest BCUT2D eigenvalue weighted by Crippen LogP contribution is 2.31. The van der Waals surface area contributed by atoms with Crippen LogP contribution in [0.15, 0.2) is 40.6 Å². The number of nitro benzene ring substituents is 1. The molecular weight excluding hydrogens is 378 g/mol. The van der Waals surface area contributed by atoms with Crippen LogP contribution in [-0.2, 0) is 0 Å². The fraction of sp³-hybridized carbons (Fsp3) is 0.125. The summed E-state index contributed by atoms with van der Waals surface area (Å²) < 4.78 is 0. The Hall–Kier alpha value is -2.23. The number of hydrogen-bond donors (Lipinski definition) is 1. The van der Waals surface area contributed by atoms with Crippen molar-refractivity contribution in [3.63, 3.8) is 0 Å². The number of aromatic nitrogens is 1. The fourth-order valence-electron chi connectivity index (χ4n) is 2.16. The summed E-state index contributed by atoms with van der Waals surface area (Å²) in [7, 11) is 0. The van der Waals surface area contributed by atoms with E-state index < -0.39 is 10.8 Å². The molecule has 1 N–H and O–H groups in total. The third kappa shape index (κ3) is 3.89. The summed E-state index contributed by atoms with van der Waals surface area (Å²) in [6.07, 6.45) is 1.76. The topological polar surface area (TPSA) is 85.1 Å². The lowest BCUT2D eigenvalue weighted by atomic mass is 10.2. The Morgan fingerprint density at radius 3 is 2.76 bits per heavy atom. The van der Waals surface area contributed by atoms with E-state index in [0.29, 0.717) is 10.0 Å². The Bertz CT molecular complexity index is 949. The molecule has 2 aromatic heterocycles. The normalized spacial score (nSPS) is 10.6. The van der Waals surface area contributed by atoms with Gasteiger partial charge in [-0.3, -0.25) is 20.2 Å². The minimum Gasteiger partial charge on any atom is -0.298 e. The Kier molecular flexibility index (Phi) is 5.16. The summed E-state index contributed by atoms with van der Waals surface area (Å²) in [5.41, 5.74) is 0.962. The van der Waals surface area contributed by atoms with E-state index in [1.807, 2.05) is 24.4 Å².